The Morgan fingerprint density at radius 3 is 2.11 bits per heavy atom. The van der Waals surface area contributed by atoms with Gasteiger partial charge in [-0.15, -0.1) is 0 Å². The van der Waals surface area contributed by atoms with Crippen molar-refractivity contribution in [2.75, 3.05) is 6.61 Å². The van der Waals surface area contributed by atoms with Crippen LogP contribution in [-0.4, -0.2) is 24.6 Å². The zero-order chi connectivity index (χ0) is 21.1. The summed E-state index contributed by atoms with van der Waals surface area (Å²) >= 11 is 0. The second-order valence-electron chi connectivity index (χ2n) is 7.85. The molecule has 0 bridgehead atoms. The van der Waals surface area contributed by atoms with E-state index in [-0.39, 0.29) is 24.5 Å². The average molecular weight is 389 g/mol. The molecule has 0 fully saturated rings. The van der Waals surface area contributed by atoms with E-state index in [9.17, 15) is 9.59 Å². The zero-order valence-electron chi connectivity index (χ0n) is 18.2. The SMILES string of the molecule is C=C(COC(C)=O)C1CC/C(C)=C/CC/C(C)=C/CC/C(C)=C/[C@H]1OC(C)=O. The fourth-order valence-corrected chi connectivity index (χ4v) is 3.37. The van der Waals surface area contributed by atoms with Gasteiger partial charge in [-0.1, -0.05) is 35.5 Å². The van der Waals surface area contributed by atoms with Crippen LogP contribution in [0.15, 0.2) is 47.1 Å². The molecule has 0 N–H and O–H groups in total. The molecule has 1 aliphatic carbocycles. The van der Waals surface area contributed by atoms with Gasteiger partial charge in [0.25, 0.3) is 0 Å². The smallest absolute Gasteiger partial charge is 0.303 e. The van der Waals surface area contributed by atoms with E-state index in [1.54, 1.807) is 0 Å². The molecule has 0 spiro atoms. The number of rotatable bonds is 4. The van der Waals surface area contributed by atoms with Gasteiger partial charge in [0.15, 0.2) is 0 Å². The third-order valence-corrected chi connectivity index (χ3v) is 5.05. The Morgan fingerprint density at radius 1 is 0.964 bits per heavy atom. The Bertz CT molecular complexity index is 652. The Hall–Kier alpha value is -2.10. The van der Waals surface area contributed by atoms with E-state index in [1.165, 1.54) is 30.6 Å². The largest absolute Gasteiger partial charge is 0.461 e. The molecule has 2 atom stereocenters. The molecule has 4 nitrogen and oxygen atoms in total. The Kier molecular flexibility index (Phi) is 10.6. The van der Waals surface area contributed by atoms with Crippen LogP contribution in [0.25, 0.3) is 0 Å². The van der Waals surface area contributed by atoms with Gasteiger partial charge in [-0.05, 0) is 70.9 Å². The molecular formula is C24H36O4. The van der Waals surface area contributed by atoms with Gasteiger partial charge in [0.05, 0.1) is 0 Å². The maximum absolute atomic E-state index is 11.7. The van der Waals surface area contributed by atoms with Crippen LogP contribution in [0.5, 0.6) is 0 Å². The Morgan fingerprint density at radius 2 is 1.54 bits per heavy atom. The maximum Gasteiger partial charge on any atom is 0.303 e. The summed E-state index contributed by atoms with van der Waals surface area (Å²) in [5, 5.41) is 0. The number of carbonyl (C=O) groups is 2. The maximum atomic E-state index is 11.7. The lowest BCUT2D eigenvalue weighted by atomic mass is 9.86. The average Bonchev–Trinajstić information content (AvgIpc) is 2.58. The highest BCUT2D eigenvalue weighted by atomic mass is 16.5. The van der Waals surface area contributed by atoms with Crippen molar-refractivity contribution in [3.63, 3.8) is 0 Å². The topological polar surface area (TPSA) is 52.6 Å². The van der Waals surface area contributed by atoms with E-state index in [0.29, 0.717) is 0 Å². The van der Waals surface area contributed by atoms with Crippen molar-refractivity contribution in [2.24, 2.45) is 5.92 Å². The fourth-order valence-electron chi connectivity index (χ4n) is 3.37. The predicted molar refractivity (Wildman–Crippen MR) is 114 cm³/mol. The summed E-state index contributed by atoms with van der Waals surface area (Å²) in [6.45, 7) is 13.5. The van der Waals surface area contributed by atoms with Gasteiger partial charge in [0.1, 0.15) is 12.7 Å². The van der Waals surface area contributed by atoms with E-state index in [4.69, 9.17) is 9.47 Å². The highest BCUT2D eigenvalue weighted by Gasteiger charge is 2.26. The molecule has 0 heterocycles. The molecule has 0 saturated carbocycles. The zero-order valence-corrected chi connectivity index (χ0v) is 18.2. The minimum atomic E-state index is -0.402. The lowest BCUT2D eigenvalue weighted by Crippen LogP contribution is -2.28. The summed E-state index contributed by atoms with van der Waals surface area (Å²) in [4.78, 5) is 23.0. The first-order valence-electron chi connectivity index (χ1n) is 10.2. The molecule has 0 saturated heterocycles. The molecule has 0 aliphatic heterocycles. The summed E-state index contributed by atoms with van der Waals surface area (Å²) in [5.41, 5.74) is 4.70. The minimum absolute atomic E-state index is 0.0956. The van der Waals surface area contributed by atoms with Crippen molar-refractivity contribution in [3.05, 3.63) is 47.1 Å². The van der Waals surface area contributed by atoms with Gasteiger partial charge in [-0.25, -0.2) is 0 Å². The van der Waals surface area contributed by atoms with Crippen LogP contribution in [0.3, 0.4) is 0 Å². The number of ether oxygens (including phenoxy) is 2. The van der Waals surface area contributed by atoms with Gasteiger partial charge in [-0.2, -0.15) is 0 Å². The highest BCUT2D eigenvalue weighted by Crippen LogP contribution is 2.28. The van der Waals surface area contributed by atoms with Gasteiger partial charge < -0.3 is 9.47 Å². The van der Waals surface area contributed by atoms with E-state index in [1.807, 2.05) is 6.08 Å². The first kappa shape index (κ1) is 23.9. The van der Waals surface area contributed by atoms with Crippen LogP contribution in [0.1, 0.15) is 73.1 Å². The normalized spacial score (nSPS) is 27.7. The van der Waals surface area contributed by atoms with Crippen LogP contribution in [-0.2, 0) is 19.1 Å². The monoisotopic (exact) mass is 388 g/mol. The van der Waals surface area contributed by atoms with Crippen LogP contribution >= 0.6 is 0 Å². The first-order valence-corrected chi connectivity index (χ1v) is 10.2. The van der Waals surface area contributed by atoms with Crippen molar-refractivity contribution in [1.29, 1.82) is 0 Å². The summed E-state index contributed by atoms with van der Waals surface area (Å²) in [6, 6.07) is 0. The Labute approximate surface area is 170 Å². The van der Waals surface area contributed by atoms with Crippen molar-refractivity contribution in [3.8, 4) is 0 Å². The molecule has 1 unspecified atom stereocenters. The summed E-state index contributed by atoms with van der Waals surface area (Å²) < 4.78 is 10.8. The molecule has 0 radical (unpaired) electrons. The first-order chi connectivity index (χ1) is 13.2. The third-order valence-electron chi connectivity index (χ3n) is 5.05. The minimum Gasteiger partial charge on any atom is -0.461 e. The van der Waals surface area contributed by atoms with Gasteiger partial charge in [-0.3, -0.25) is 9.59 Å². The molecule has 0 amide bonds. The second kappa shape index (κ2) is 12.4. The highest BCUT2D eigenvalue weighted by molar-refractivity contribution is 5.66. The number of allylic oxidation sites excluding steroid dienone is 5. The quantitative estimate of drug-likeness (QED) is 0.448. The lowest BCUT2D eigenvalue weighted by Gasteiger charge is -2.27. The molecule has 1 rings (SSSR count). The van der Waals surface area contributed by atoms with Crippen molar-refractivity contribution >= 4 is 11.9 Å². The third kappa shape index (κ3) is 9.72. The molecule has 0 aromatic carbocycles. The summed E-state index contributed by atoms with van der Waals surface area (Å²) in [7, 11) is 0. The van der Waals surface area contributed by atoms with E-state index < -0.39 is 6.10 Å². The van der Waals surface area contributed by atoms with Crippen LogP contribution in [0, 0.1) is 5.92 Å². The van der Waals surface area contributed by atoms with Crippen molar-refractivity contribution in [1.82, 2.24) is 0 Å². The summed E-state index contributed by atoms with van der Waals surface area (Å²) in [5.74, 6) is -0.749. The molecule has 156 valence electrons. The van der Waals surface area contributed by atoms with Crippen LogP contribution < -0.4 is 0 Å². The Balaban J connectivity index is 3.16. The standard InChI is InChI=1S/C24H36O4/c1-17-9-7-11-18(2)13-14-23(20(4)16-27-21(5)25)24(28-22(6)26)15-19(3)12-8-10-17/h10-11,15,23-24H,4,7-9,12-14,16H2,1-3,5-6H3/b17-10+,18-11+,19-15+/t23?,24-/m1/s1. The van der Waals surface area contributed by atoms with E-state index in [0.717, 1.165) is 44.1 Å². The van der Waals surface area contributed by atoms with Crippen LogP contribution in [0.4, 0.5) is 0 Å². The molecule has 28 heavy (non-hydrogen) atoms. The van der Waals surface area contributed by atoms with Crippen LogP contribution in [0.2, 0.25) is 0 Å². The van der Waals surface area contributed by atoms with E-state index in [2.05, 4.69) is 39.5 Å². The molecular weight excluding hydrogens is 352 g/mol. The number of esters is 2. The second-order valence-corrected chi connectivity index (χ2v) is 7.85. The van der Waals surface area contributed by atoms with Crippen molar-refractivity contribution < 1.29 is 19.1 Å². The van der Waals surface area contributed by atoms with Gasteiger partial charge in [0, 0.05) is 19.8 Å². The summed E-state index contributed by atoms with van der Waals surface area (Å²) in [6.07, 6.45) is 11.9. The number of hydrogen-bond donors (Lipinski definition) is 0. The fraction of sp³-hybridized carbons (Fsp3) is 0.583. The molecule has 0 aromatic heterocycles. The number of carbonyl (C=O) groups excluding carboxylic acids is 2. The lowest BCUT2D eigenvalue weighted by molar-refractivity contribution is -0.147. The van der Waals surface area contributed by atoms with Crippen molar-refractivity contribution in [2.45, 2.75) is 79.2 Å². The molecule has 0 aromatic rings. The number of hydrogen-bond acceptors (Lipinski definition) is 4. The van der Waals surface area contributed by atoms with Gasteiger partial charge >= 0.3 is 11.9 Å². The van der Waals surface area contributed by atoms with Gasteiger partial charge in [0.2, 0.25) is 0 Å². The molecule has 1 aliphatic rings. The van der Waals surface area contributed by atoms with E-state index >= 15 is 0 Å². The predicted octanol–water partition coefficient (Wildman–Crippen LogP) is 5.85. The molecule has 4 heteroatoms.